The first-order valence-corrected chi connectivity index (χ1v) is 10.6. The first-order chi connectivity index (χ1) is 14.5. The molecule has 1 aromatic carbocycles. The van der Waals surface area contributed by atoms with Gasteiger partial charge in [-0.3, -0.25) is 14.2 Å². The Kier molecular flexibility index (Phi) is 5.50. The predicted octanol–water partition coefficient (Wildman–Crippen LogP) is 3.31. The van der Waals surface area contributed by atoms with Gasteiger partial charge in [-0.15, -0.1) is 11.3 Å². The molecule has 154 valence electrons. The van der Waals surface area contributed by atoms with Crippen molar-refractivity contribution in [1.29, 1.82) is 0 Å². The van der Waals surface area contributed by atoms with Gasteiger partial charge in [-0.2, -0.15) is 5.10 Å². The van der Waals surface area contributed by atoms with Crippen molar-refractivity contribution in [3.8, 4) is 5.69 Å². The monoisotopic (exact) mass is 421 g/mol. The maximum Gasteiger partial charge on any atom is 0.262 e. The zero-order chi connectivity index (χ0) is 21.3. The molecule has 0 radical (unpaired) electrons. The molecule has 8 heteroatoms. The summed E-state index contributed by atoms with van der Waals surface area (Å²) in [6, 6.07) is 11.7. The van der Waals surface area contributed by atoms with Gasteiger partial charge >= 0.3 is 0 Å². The highest BCUT2D eigenvalue weighted by atomic mass is 32.1. The highest BCUT2D eigenvalue weighted by molar-refractivity contribution is 7.16. The average molecular weight is 422 g/mol. The molecule has 0 spiro atoms. The summed E-state index contributed by atoms with van der Waals surface area (Å²) in [7, 11) is 1.78. The van der Waals surface area contributed by atoms with E-state index in [2.05, 4.69) is 10.1 Å². The number of hydrogen-bond donors (Lipinski definition) is 0. The van der Waals surface area contributed by atoms with Gasteiger partial charge in [-0.1, -0.05) is 18.2 Å². The fourth-order valence-electron chi connectivity index (χ4n) is 3.51. The van der Waals surface area contributed by atoms with E-state index in [0.29, 0.717) is 18.5 Å². The molecule has 4 rings (SSSR count). The Labute approximate surface area is 178 Å². The summed E-state index contributed by atoms with van der Waals surface area (Å²) in [6.07, 6.45) is 1.76. The summed E-state index contributed by atoms with van der Waals surface area (Å²) in [6.45, 7) is 4.76. The molecule has 0 N–H and O–H groups in total. The van der Waals surface area contributed by atoms with Crippen molar-refractivity contribution in [2.45, 2.75) is 33.4 Å². The molecule has 1 amide bonds. The first kappa shape index (κ1) is 20.0. The van der Waals surface area contributed by atoms with Crippen LogP contribution in [0.1, 0.15) is 23.4 Å². The number of thiophene rings is 1. The number of benzene rings is 1. The Hall–Kier alpha value is -3.26. The maximum atomic E-state index is 12.7. The third-order valence-corrected chi connectivity index (χ3v) is 6.10. The molecule has 0 saturated carbocycles. The van der Waals surface area contributed by atoms with Crippen molar-refractivity contribution in [2.75, 3.05) is 7.05 Å². The Morgan fingerprint density at radius 1 is 1.17 bits per heavy atom. The lowest BCUT2D eigenvalue weighted by Gasteiger charge is -2.18. The highest BCUT2D eigenvalue weighted by Gasteiger charge is 2.17. The van der Waals surface area contributed by atoms with Crippen LogP contribution in [-0.4, -0.2) is 37.2 Å². The van der Waals surface area contributed by atoms with Crippen LogP contribution in [0.25, 0.3) is 15.9 Å². The smallest absolute Gasteiger partial charge is 0.262 e. The number of fused-ring (bicyclic) bond motifs is 1. The average Bonchev–Trinajstić information content (AvgIpc) is 3.34. The van der Waals surface area contributed by atoms with Gasteiger partial charge in [0.05, 0.1) is 23.1 Å². The van der Waals surface area contributed by atoms with Crippen LogP contribution < -0.4 is 5.56 Å². The molecule has 0 fully saturated rings. The lowest BCUT2D eigenvalue weighted by Crippen LogP contribution is -2.29. The molecule has 4 aromatic rings. The minimum Gasteiger partial charge on any atom is -0.341 e. The number of rotatable bonds is 6. The molecular weight excluding hydrogens is 398 g/mol. The SMILES string of the molecule is Cc1nn(-c2ccccc2)c(C)c1CN(C)C(=O)CCn1cnc2sccc2c1=O. The van der Waals surface area contributed by atoms with Crippen LogP contribution in [0.15, 0.2) is 52.9 Å². The van der Waals surface area contributed by atoms with Gasteiger partial charge in [0.25, 0.3) is 5.56 Å². The molecule has 0 aliphatic rings. The molecule has 0 aliphatic carbocycles. The van der Waals surface area contributed by atoms with Gasteiger partial charge in [0.2, 0.25) is 5.91 Å². The van der Waals surface area contributed by atoms with E-state index in [-0.39, 0.29) is 17.9 Å². The maximum absolute atomic E-state index is 12.7. The Morgan fingerprint density at radius 3 is 2.70 bits per heavy atom. The van der Waals surface area contributed by atoms with E-state index >= 15 is 0 Å². The molecule has 3 heterocycles. The fraction of sp³-hybridized carbons (Fsp3) is 0.273. The van der Waals surface area contributed by atoms with Crippen molar-refractivity contribution in [2.24, 2.45) is 0 Å². The third-order valence-electron chi connectivity index (χ3n) is 5.28. The molecule has 0 atom stereocenters. The number of nitrogens with zero attached hydrogens (tertiary/aromatic N) is 5. The normalized spacial score (nSPS) is 11.2. The summed E-state index contributed by atoms with van der Waals surface area (Å²) in [5.74, 6) is -0.0291. The van der Waals surface area contributed by atoms with Crippen LogP contribution in [0, 0.1) is 13.8 Å². The van der Waals surface area contributed by atoms with Gasteiger partial charge < -0.3 is 4.90 Å². The zero-order valence-electron chi connectivity index (χ0n) is 17.2. The molecule has 0 unspecified atom stereocenters. The Balaban J connectivity index is 1.45. The van der Waals surface area contributed by atoms with Crippen molar-refractivity contribution in [3.63, 3.8) is 0 Å². The molecule has 3 aromatic heterocycles. The second kappa shape index (κ2) is 8.23. The van der Waals surface area contributed by atoms with Crippen molar-refractivity contribution >= 4 is 27.5 Å². The lowest BCUT2D eigenvalue weighted by atomic mass is 10.2. The zero-order valence-corrected chi connectivity index (χ0v) is 18.0. The van der Waals surface area contributed by atoms with E-state index in [0.717, 1.165) is 27.5 Å². The summed E-state index contributed by atoms with van der Waals surface area (Å²) < 4.78 is 3.41. The number of aryl methyl sites for hydroxylation is 2. The van der Waals surface area contributed by atoms with Gasteiger partial charge in [0, 0.05) is 37.8 Å². The van der Waals surface area contributed by atoms with E-state index in [9.17, 15) is 9.59 Å². The predicted molar refractivity (Wildman–Crippen MR) is 118 cm³/mol. The summed E-state index contributed by atoms with van der Waals surface area (Å²) >= 11 is 1.44. The van der Waals surface area contributed by atoms with Crippen LogP contribution in [-0.2, 0) is 17.9 Å². The van der Waals surface area contributed by atoms with Crippen LogP contribution in [0.4, 0.5) is 0 Å². The Morgan fingerprint density at radius 2 is 1.93 bits per heavy atom. The molecular formula is C22H23N5O2S. The first-order valence-electron chi connectivity index (χ1n) is 9.73. The second-order valence-electron chi connectivity index (χ2n) is 7.28. The van der Waals surface area contributed by atoms with Gasteiger partial charge in [-0.25, -0.2) is 9.67 Å². The number of carbonyl (C=O) groups excluding carboxylic acids is 1. The van der Waals surface area contributed by atoms with E-state index in [1.807, 2.05) is 54.2 Å². The van der Waals surface area contributed by atoms with Crippen LogP contribution in [0.2, 0.25) is 0 Å². The minimum atomic E-state index is -0.104. The number of hydrogen-bond acceptors (Lipinski definition) is 5. The number of aromatic nitrogens is 4. The summed E-state index contributed by atoms with van der Waals surface area (Å²) in [5.41, 5.74) is 3.84. The standard InChI is InChI=1S/C22H23N5O2S/c1-15-19(16(2)27(24-15)17-7-5-4-6-8-17)13-25(3)20(28)9-11-26-14-23-21-18(22(26)29)10-12-30-21/h4-8,10,12,14H,9,11,13H2,1-3H3. The van der Waals surface area contributed by atoms with E-state index < -0.39 is 0 Å². The van der Waals surface area contributed by atoms with E-state index in [1.165, 1.54) is 22.2 Å². The minimum absolute atomic E-state index is 0.0291. The topological polar surface area (TPSA) is 73.0 Å². The second-order valence-corrected chi connectivity index (χ2v) is 8.17. The van der Waals surface area contributed by atoms with Crippen LogP contribution in [0.5, 0.6) is 0 Å². The molecule has 0 saturated heterocycles. The lowest BCUT2D eigenvalue weighted by molar-refractivity contribution is -0.130. The quantitative estimate of drug-likeness (QED) is 0.479. The largest absolute Gasteiger partial charge is 0.341 e. The molecule has 30 heavy (non-hydrogen) atoms. The molecule has 7 nitrogen and oxygen atoms in total. The summed E-state index contributed by atoms with van der Waals surface area (Å²) in [5, 5.41) is 7.10. The van der Waals surface area contributed by atoms with Crippen molar-refractivity contribution < 1.29 is 4.79 Å². The van der Waals surface area contributed by atoms with E-state index in [4.69, 9.17) is 0 Å². The number of carbonyl (C=O) groups is 1. The molecule has 0 bridgehead atoms. The van der Waals surface area contributed by atoms with E-state index in [1.54, 1.807) is 18.0 Å². The highest BCUT2D eigenvalue weighted by Crippen LogP contribution is 2.19. The van der Waals surface area contributed by atoms with Crippen molar-refractivity contribution in [1.82, 2.24) is 24.2 Å². The van der Waals surface area contributed by atoms with Gasteiger partial charge in [0.15, 0.2) is 0 Å². The summed E-state index contributed by atoms with van der Waals surface area (Å²) in [4.78, 5) is 31.9. The number of amides is 1. The fourth-order valence-corrected chi connectivity index (χ4v) is 4.23. The van der Waals surface area contributed by atoms with Gasteiger partial charge in [0.1, 0.15) is 4.83 Å². The Bertz CT molecular complexity index is 1260. The van der Waals surface area contributed by atoms with Crippen LogP contribution >= 0.6 is 11.3 Å². The third kappa shape index (κ3) is 3.78. The van der Waals surface area contributed by atoms with Gasteiger partial charge in [-0.05, 0) is 37.4 Å². The van der Waals surface area contributed by atoms with Crippen molar-refractivity contribution in [3.05, 3.63) is 75.4 Å². The van der Waals surface area contributed by atoms with Crippen LogP contribution in [0.3, 0.4) is 0 Å². The molecule has 0 aliphatic heterocycles. The number of para-hydroxylation sites is 1.